The molecule has 2 N–H and O–H groups in total. The van der Waals surface area contributed by atoms with Gasteiger partial charge in [-0.25, -0.2) is 0 Å². The van der Waals surface area contributed by atoms with Crippen LogP contribution in [0, 0.1) is 5.41 Å². The van der Waals surface area contributed by atoms with E-state index in [2.05, 4.69) is 66.5 Å². The Kier molecular flexibility index (Phi) is 4.48. The third kappa shape index (κ3) is 2.89. The molecule has 0 amide bonds. The topological polar surface area (TPSA) is 35.5 Å². The Morgan fingerprint density at radius 2 is 1.77 bits per heavy atom. The van der Waals surface area contributed by atoms with Gasteiger partial charge in [0.2, 0.25) is 0 Å². The van der Waals surface area contributed by atoms with Crippen molar-refractivity contribution in [2.75, 3.05) is 32.8 Å². The Hall–Kier alpha value is -1.42. The van der Waals surface area contributed by atoms with Crippen LogP contribution >= 0.6 is 0 Å². The Morgan fingerprint density at radius 3 is 2.50 bits per heavy atom. The first kappa shape index (κ1) is 15.5. The summed E-state index contributed by atoms with van der Waals surface area (Å²) in [5.74, 6) is 0. The van der Waals surface area contributed by atoms with Gasteiger partial charge in [0, 0.05) is 44.2 Å². The molecule has 0 radical (unpaired) electrons. The molecule has 1 atom stereocenters. The molecule has 22 heavy (non-hydrogen) atoms. The summed E-state index contributed by atoms with van der Waals surface area (Å²) < 4.78 is 0. The van der Waals surface area contributed by atoms with Gasteiger partial charge in [-0.2, -0.15) is 0 Å². The monoisotopic (exact) mass is 298 g/mol. The van der Waals surface area contributed by atoms with Crippen molar-refractivity contribution in [2.24, 2.45) is 5.41 Å². The molecule has 0 bridgehead atoms. The first-order valence-electron chi connectivity index (χ1n) is 8.17. The van der Waals surface area contributed by atoms with Crippen LogP contribution in [-0.4, -0.2) is 42.8 Å². The highest BCUT2D eigenvalue weighted by molar-refractivity contribution is 5.86. The van der Waals surface area contributed by atoms with E-state index in [1.807, 2.05) is 0 Å². The van der Waals surface area contributed by atoms with E-state index >= 15 is 0 Å². The van der Waals surface area contributed by atoms with Gasteiger partial charge in [0.05, 0.1) is 0 Å². The van der Waals surface area contributed by atoms with Gasteiger partial charge >= 0.3 is 0 Å². The van der Waals surface area contributed by atoms with Gasteiger partial charge in [-0.15, -0.1) is 0 Å². The maximum absolute atomic E-state index is 9.99. The van der Waals surface area contributed by atoms with Gasteiger partial charge in [0.1, 0.15) is 0 Å². The van der Waals surface area contributed by atoms with Crippen molar-refractivity contribution in [3.8, 4) is 0 Å². The number of hydrogen-bond donors (Lipinski definition) is 2. The second kappa shape index (κ2) is 6.37. The number of rotatable bonds is 4. The summed E-state index contributed by atoms with van der Waals surface area (Å²) in [6.07, 6.45) is 0. The Balaban J connectivity index is 2.11. The average molecular weight is 298 g/mol. The van der Waals surface area contributed by atoms with Gasteiger partial charge in [-0.05, 0) is 16.3 Å². The molecular formula is C19H26N2O. The minimum Gasteiger partial charge on any atom is -0.396 e. The number of aliphatic hydroxyl groups is 1. The van der Waals surface area contributed by atoms with Gasteiger partial charge in [-0.1, -0.05) is 56.3 Å². The van der Waals surface area contributed by atoms with Crippen molar-refractivity contribution in [3.63, 3.8) is 0 Å². The molecule has 0 saturated carbocycles. The normalized spacial score (nSPS) is 18.5. The van der Waals surface area contributed by atoms with Crippen molar-refractivity contribution in [3.05, 3.63) is 48.0 Å². The summed E-state index contributed by atoms with van der Waals surface area (Å²) in [6, 6.07) is 15.3. The number of nitrogens with zero attached hydrogens (tertiary/aromatic N) is 1. The predicted molar refractivity (Wildman–Crippen MR) is 92.0 cm³/mol. The largest absolute Gasteiger partial charge is 0.396 e. The minimum absolute atomic E-state index is 0.179. The average Bonchev–Trinajstić information content (AvgIpc) is 2.56. The lowest BCUT2D eigenvalue weighted by molar-refractivity contribution is 0.0313. The van der Waals surface area contributed by atoms with Crippen molar-refractivity contribution < 1.29 is 5.11 Å². The summed E-state index contributed by atoms with van der Waals surface area (Å²) in [6.45, 7) is 8.61. The van der Waals surface area contributed by atoms with E-state index < -0.39 is 0 Å². The summed E-state index contributed by atoms with van der Waals surface area (Å²) in [5, 5.41) is 16.0. The molecule has 1 heterocycles. The van der Waals surface area contributed by atoms with E-state index in [1.54, 1.807) is 0 Å². The number of nitrogens with one attached hydrogen (secondary N) is 1. The van der Waals surface area contributed by atoms with Crippen LogP contribution in [0.15, 0.2) is 42.5 Å². The second-order valence-corrected chi connectivity index (χ2v) is 6.90. The van der Waals surface area contributed by atoms with E-state index in [0.717, 1.165) is 26.2 Å². The summed E-state index contributed by atoms with van der Waals surface area (Å²) in [7, 11) is 0. The molecule has 2 aromatic carbocycles. The van der Waals surface area contributed by atoms with Crippen LogP contribution in [0.4, 0.5) is 0 Å². The van der Waals surface area contributed by atoms with Crippen LogP contribution in [0.2, 0.25) is 0 Å². The number of aliphatic hydroxyl groups excluding tert-OH is 1. The molecule has 2 aromatic rings. The van der Waals surface area contributed by atoms with Crippen LogP contribution in [0.25, 0.3) is 10.8 Å². The lowest BCUT2D eigenvalue weighted by Crippen LogP contribution is -2.49. The highest BCUT2D eigenvalue weighted by atomic mass is 16.3. The molecule has 1 aliphatic heterocycles. The quantitative estimate of drug-likeness (QED) is 0.911. The molecule has 3 heteroatoms. The highest BCUT2D eigenvalue weighted by Crippen LogP contribution is 2.41. The Bertz CT molecular complexity index is 627. The van der Waals surface area contributed by atoms with E-state index in [4.69, 9.17) is 0 Å². The zero-order valence-electron chi connectivity index (χ0n) is 13.5. The smallest absolute Gasteiger partial charge is 0.0500 e. The third-order valence-corrected chi connectivity index (χ3v) is 4.78. The highest BCUT2D eigenvalue weighted by Gasteiger charge is 2.36. The Morgan fingerprint density at radius 1 is 1.09 bits per heavy atom. The summed E-state index contributed by atoms with van der Waals surface area (Å²) in [5.41, 5.74) is 1.15. The molecule has 0 aromatic heterocycles. The van der Waals surface area contributed by atoms with Crippen molar-refractivity contribution >= 4 is 10.8 Å². The molecule has 1 saturated heterocycles. The van der Waals surface area contributed by atoms with E-state index in [0.29, 0.717) is 0 Å². The van der Waals surface area contributed by atoms with Crippen LogP contribution in [0.5, 0.6) is 0 Å². The van der Waals surface area contributed by atoms with E-state index in [-0.39, 0.29) is 18.1 Å². The fourth-order valence-electron chi connectivity index (χ4n) is 3.63. The molecular weight excluding hydrogens is 272 g/mol. The van der Waals surface area contributed by atoms with Crippen LogP contribution in [0.3, 0.4) is 0 Å². The molecule has 3 rings (SSSR count). The van der Waals surface area contributed by atoms with Gasteiger partial charge in [0.15, 0.2) is 0 Å². The second-order valence-electron chi connectivity index (χ2n) is 6.90. The van der Waals surface area contributed by atoms with Gasteiger partial charge in [0.25, 0.3) is 0 Å². The first-order valence-corrected chi connectivity index (χ1v) is 8.17. The molecule has 0 spiro atoms. The summed E-state index contributed by atoms with van der Waals surface area (Å²) >= 11 is 0. The standard InChI is InChI=1S/C19H26N2O/c1-19(2,14-22)18(21-12-10-20-11-13-21)17-9-5-7-15-6-3-4-8-16(15)17/h3-9,18,20,22H,10-14H2,1-2H3/t18-/m0/s1. The van der Waals surface area contributed by atoms with Crippen molar-refractivity contribution in [1.29, 1.82) is 0 Å². The molecule has 118 valence electrons. The fourth-order valence-corrected chi connectivity index (χ4v) is 3.63. The maximum atomic E-state index is 9.99. The summed E-state index contributed by atoms with van der Waals surface area (Å²) in [4.78, 5) is 2.52. The molecule has 0 unspecified atom stereocenters. The van der Waals surface area contributed by atoms with E-state index in [1.165, 1.54) is 16.3 Å². The van der Waals surface area contributed by atoms with Gasteiger partial charge < -0.3 is 10.4 Å². The van der Waals surface area contributed by atoms with Crippen LogP contribution in [0.1, 0.15) is 25.5 Å². The molecule has 1 aliphatic rings. The van der Waals surface area contributed by atoms with Crippen molar-refractivity contribution in [2.45, 2.75) is 19.9 Å². The third-order valence-electron chi connectivity index (χ3n) is 4.78. The van der Waals surface area contributed by atoms with E-state index in [9.17, 15) is 5.11 Å². The SMILES string of the molecule is CC(C)(CO)[C@H](c1cccc2ccccc12)N1CCNCC1. The molecule has 1 fully saturated rings. The lowest BCUT2D eigenvalue weighted by Gasteiger charge is -2.44. The number of benzene rings is 2. The number of hydrogen-bond acceptors (Lipinski definition) is 3. The lowest BCUT2D eigenvalue weighted by atomic mass is 9.78. The zero-order valence-corrected chi connectivity index (χ0v) is 13.5. The molecule has 3 nitrogen and oxygen atoms in total. The Labute approximate surface area is 132 Å². The van der Waals surface area contributed by atoms with Crippen molar-refractivity contribution in [1.82, 2.24) is 10.2 Å². The zero-order chi connectivity index (χ0) is 15.6. The number of fused-ring (bicyclic) bond motifs is 1. The van der Waals surface area contributed by atoms with Crippen LogP contribution < -0.4 is 5.32 Å². The predicted octanol–water partition coefficient (Wildman–Crippen LogP) is 2.80. The number of piperazine rings is 1. The minimum atomic E-state index is -0.179. The maximum Gasteiger partial charge on any atom is 0.0500 e. The van der Waals surface area contributed by atoms with Gasteiger partial charge in [-0.3, -0.25) is 4.90 Å². The first-order chi connectivity index (χ1) is 10.6. The van der Waals surface area contributed by atoms with Crippen LogP contribution in [-0.2, 0) is 0 Å². The fraction of sp³-hybridized carbons (Fsp3) is 0.474. The molecule has 0 aliphatic carbocycles.